The van der Waals surface area contributed by atoms with Crippen LogP contribution in [-0.2, 0) is 10.8 Å². The van der Waals surface area contributed by atoms with Gasteiger partial charge in [0.05, 0.1) is 23.0 Å². The number of hydrogen-bond donors (Lipinski definition) is 1. The van der Waals surface area contributed by atoms with E-state index in [0.29, 0.717) is 11.1 Å². The molecule has 3 heterocycles. The van der Waals surface area contributed by atoms with Crippen LogP contribution in [0.5, 0.6) is 5.75 Å². The van der Waals surface area contributed by atoms with Gasteiger partial charge in [-0.1, -0.05) is 120 Å². The van der Waals surface area contributed by atoms with Crippen molar-refractivity contribution in [2.24, 2.45) is 0 Å². The lowest BCUT2D eigenvalue weighted by atomic mass is 9.83. The molecule has 5 nitrogen and oxygen atoms in total. The number of aromatic nitrogens is 3. The molecule has 0 amide bonds. The van der Waals surface area contributed by atoms with E-state index in [4.69, 9.17) is 9.97 Å². The third kappa shape index (κ3) is 5.95. The van der Waals surface area contributed by atoms with E-state index in [-0.39, 0.29) is 16.6 Å². The second-order valence-corrected chi connectivity index (χ2v) is 14.9. The first-order valence-corrected chi connectivity index (χ1v) is 17.0. The van der Waals surface area contributed by atoms with Crippen molar-refractivity contribution >= 4 is 5.65 Å². The number of phenols is 1. The molecule has 0 radical (unpaired) electrons. The number of rotatable bonds is 5. The highest BCUT2D eigenvalue weighted by Crippen LogP contribution is 2.43. The van der Waals surface area contributed by atoms with E-state index in [1.807, 2.05) is 79.0 Å². The van der Waals surface area contributed by atoms with Crippen molar-refractivity contribution in [1.29, 1.82) is 5.26 Å². The van der Waals surface area contributed by atoms with Gasteiger partial charge in [-0.05, 0) is 69.5 Å². The minimum Gasteiger partial charge on any atom is -0.507 e. The number of fused-ring (bicyclic) bond motifs is 1. The van der Waals surface area contributed by atoms with Crippen LogP contribution in [0.1, 0.15) is 58.2 Å². The van der Waals surface area contributed by atoms with E-state index in [0.717, 1.165) is 67.2 Å². The van der Waals surface area contributed by atoms with E-state index in [1.165, 1.54) is 0 Å². The van der Waals surface area contributed by atoms with E-state index < -0.39 is 0 Å². The van der Waals surface area contributed by atoms with Gasteiger partial charge in [0.2, 0.25) is 0 Å². The van der Waals surface area contributed by atoms with E-state index in [9.17, 15) is 10.4 Å². The summed E-state index contributed by atoms with van der Waals surface area (Å²) in [5, 5.41) is 21.9. The summed E-state index contributed by atoms with van der Waals surface area (Å²) < 4.78 is 2.13. The number of phenolic OH excluding ortho intramolecular Hbond substituents is 1. The normalized spacial score (nSPS) is 11.9. The molecule has 5 heteroatoms. The van der Waals surface area contributed by atoms with Crippen LogP contribution in [0.15, 0.2) is 128 Å². The van der Waals surface area contributed by atoms with Crippen LogP contribution >= 0.6 is 0 Å². The topological polar surface area (TPSA) is 74.2 Å². The molecule has 0 saturated carbocycles. The molecule has 0 spiro atoms. The maximum Gasteiger partial charge on any atom is 0.145 e. The van der Waals surface area contributed by atoms with E-state index in [2.05, 4.69) is 94.5 Å². The van der Waals surface area contributed by atoms with Gasteiger partial charge < -0.3 is 5.11 Å². The number of para-hydroxylation sites is 1. The van der Waals surface area contributed by atoms with Crippen molar-refractivity contribution in [1.82, 2.24) is 14.4 Å². The monoisotopic (exact) mass is 652 g/mol. The standard InChI is InChI=1S/C45H40N4O/c1-44(2,3)34-24-31(23-32(25-34)39-26-33(27-46)37(28-47-39)29-15-9-7-10-16-29)35-20-14-22-49-41(30-17-11-8-12-18-30)40(48-43(35)49)36-19-13-21-38(42(36)50)45(4,5)6/h7-26,28,50H,1-6H3. The smallest absolute Gasteiger partial charge is 0.145 e. The molecule has 0 aliphatic rings. The molecule has 0 aliphatic carbocycles. The lowest BCUT2D eigenvalue weighted by Crippen LogP contribution is -2.11. The molecule has 0 saturated heterocycles. The Hall–Kier alpha value is -5.99. The van der Waals surface area contributed by atoms with Crippen LogP contribution in [0.2, 0.25) is 0 Å². The molecular formula is C45H40N4O. The van der Waals surface area contributed by atoms with Crippen molar-refractivity contribution in [3.05, 3.63) is 144 Å². The second-order valence-electron chi connectivity index (χ2n) is 14.9. The lowest BCUT2D eigenvalue weighted by molar-refractivity contribution is 0.448. The van der Waals surface area contributed by atoms with Crippen LogP contribution < -0.4 is 0 Å². The van der Waals surface area contributed by atoms with Crippen molar-refractivity contribution in [3.63, 3.8) is 0 Å². The summed E-state index contributed by atoms with van der Waals surface area (Å²) >= 11 is 0. The van der Waals surface area contributed by atoms with Crippen molar-refractivity contribution in [3.8, 4) is 67.8 Å². The number of hydrogen-bond acceptors (Lipinski definition) is 4. The molecule has 0 atom stereocenters. The maximum absolute atomic E-state index is 11.7. The number of benzene rings is 4. The predicted octanol–water partition coefficient (Wildman–Crippen LogP) is 11.2. The summed E-state index contributed by atoms with van der Waals surface area (Å²) in [6, 6.07) is 41.1. The predicted molar refractivity (Wildman–Crippen MR) is 204 cm³/mol. The zero-order chi connectivity index (χ0) is 35.2. The Balaban J connectivity index is 1.47. The first-order valence-electron chi connectivity index (χ1n) is 17.0. The van der Waals surface area contributed by atoms with Gasteiger partial charge in [-0.15, -0.1) is 0 Å². The highest BCUT2D eigenvalue weighted by atomic mass is 16.3. The van der Waals surface area contributed by atoms with E-state index in [1.54, 1.807) is 6.20 Å². The number of imidazole rings is 1. The third-order valence-electron chi connectivity index (χ3n) is 9.31. The first-order chi connectivity index (χ1) is 23.9. The fraction of sp³-hybridized carbons (Fsp3) is 0.178. The van der Waals surface area contributed by atoms with E-state index >= 15 is 0 Å². The van der Waals surface area contributed by atoms with Crippen molar-refractivity contribution in [2.45, 2.75) is 52.4 Å². The number of nitrogens with zero attached hydrogens (tertiary/aromatic N) is 4. The average molecular weight is 653 g/mol. The number of pyridine rings is 2. The van der Waals surface area contributed by atoms with Crippen LogP contribution in [0.3, 0.4) is 0 Å². The van der Waals surface area contributed by atoms with Crippen LogP contribution in [0, 0.1) is 11.3 Å². The minimum absolute atomic E-state index is 0.160. The average Bonchev–Trinajstić information content (AvgIpc) is 3.50. The van der Waals surface area contributed by atoms with Gasteiger partial charge in [0.25, 0.3) is 0 Å². The summed E-state index contributed by atoms with van der Waals surface area (Å²) in [7, 11) is 0. The van der Waals surface area contributed by atoms with Gasteiger partial charge >= 0.3 is 0 Å². The van der Waals surface area contributed by atoms with Gasteiger partial charge in [0.15, 0.2) is 0 Å². The zero-order valence-electron chi connectivity index (χ0n) is 29.4. The quantitative estimate of drug-likeness (QED) is 0.201. The number of aromatic hydroxyl groups is 1. The molecule has 7 rings (SSSR count). The Labute approximate surface area is 294 Å². The molecule has 0 aliphatic heterocycles. The van der Waals surface area contributed by atoms with Gasteiger partial charge in [-0.2, -0.15) is 5.26 Å². The summed E-state index contributed by atoms with van der Waals surface area (Å²) in [4.78, 5) is 10.2. The molecule has 4 aromatic carbocycles. The van der Waals surface area contributed by atoms with Gasteiger partial charge in [-0.25, -0.2) is 4.98 Å². The SMILES string of the molecule is CC(C)(C)c1cc(-c2cc(C#N)c(-c3ccccc3)cn2)cc(-c2cccn3c(-c4ccccc4)c(-c4cccc(C(C)(C)C)c4O)nc23)c1. The van der Waals surface area contributed by atoms with Crippen LogP contribution in [-0.4, -0.2) is 19.5 Å². The Morgan fingerprint density at radius 3 is 1.96 bits per heavy atom. The Bertz CT molecular complexity index is 2400. The molecule has 1 N–H and O–H groups in total. The summed E-state index contributed by atoms with van der Waals surface area (Å²) in [6.07, 6.45) is 3.85. The summed E-state index contributed by atoms with van der Waals surface area (Å²) in [5.74, 6) is 0.248. The van der Waals surface area contributed by atoms with Gasteiger partial charge in [0, 0.05) is 40.2 Å². The fourth-order valence-corrected chi connectivity index (χ4v) is 6.61. The molecule has 3 aromatic heterocycles. The molecule has 50 heavy (non-hydrogen) atoms. The molecular weight excluding hydrogens is 613 g/mol. The third-order valence-corrected chi connectivity index (χ3v) is 9.31. The molecule has 7 aromatic rings. The largest absolute Gasteiger partial charge is 0.507 e. The zero-order valence-corrected chi connectivity index (χ0v) is 29.4. The Morgan fingerprint density at radius 2 is 1.30 bits per heavy atom. The summed E-state index contributed by atoms with van der Waals surface area (Å²) in [6.45, 7) is 12.9. The Morgan fingerprint density at radius 1 is 0.640 bits per heavy atom. The lowest BCUT2D eigenvalue weighted by Gasteiger charge is -2.22. The van der Waals surface area contributed by atoms with Crippen LogP contribution in [0.25, 0.3) is 61.7 Å². The molecule has 0 fully saturated rings. The van der Waals surface area contributed by atoms with Crippen molar-refractivity contribution < 1.29 is 5.11 Å². The van der Waals surface area contributed by atoms with Gasteiger partial charge in [0.1, 0.15) is 17.1 Å². The summed E-state index contributed by atoms with van der Waals surface area (Å²) in [5.41, 5.74) is 11.7. The maximum atomic E-state index is 11.7. The second kappa shape index (κ2) is 12.5. The van der Waals surface area contributed by atoms with Gasteiger partial charge in [-0.3, -0.25) is 9.38 Å². The fourth-order valence-electron chi connectivity index (χ4n) is 6.61. The van der Waals surface area contributed by atoms with Crippen molar-refractivity contribution in [2.75, 3.05) is 0 Å². The molecule has 0 unspecified atom stereocenters. The number of nitriles is 1. The minimum atomic E-state index is -0.250. The Kier molecular flexibility index (Phi) is 8.12. The highest BCUT2D eigenvalue weighted by Gasteiger charge is 2.26. The highest BCUT2D eigenvalue weighted by molar-refractivity contribution is 5.90. The molecule has 246 valence electrons. The molecule has 0 bridgehead atoms. The first kappa shape index (κ1) is 32.6. The van der Waals surface area contributed by atoms with Crippen LogP contribution in [0.4, 0.5) is 0 Å².